The van der Waals surface area contributed by atoms with E-state index in [-0.39, 0.29) is 5.78 Å². The van der Waals surface area contributed by atoms with E-state index in [1.54, 1.807) is 19.4 Å². The molecule has 4 nitrogen and oxygen atoms in total. The summed E-state index contributed by atoms with van der Waals surface area (Å²) in [5.41, 5.74) is 2.26. The minimum absolute atomic E-state index is 0.0751. The van der Waals surface area contributed by atoms with E-state index in [2.05, 4.69) is 16.8 Å². The van der Waals surface area contributed by atoms with Gasteiger partial charge >= 0.3 is 0 Å². The minimum atomic E-state index is -0.0751. The summed E-state index contributed by atoms with van der Waals surface area (Å²) in [7, 11) is 1.57. The number of ketones is 1. The van der Waals surface area contributed by atoms with Crippen molar-refractivity contribution in [1.29, 1.82) is 0 Å². The maximum atomic E-state index is 11.2. The third-order valence-electron chi connectivity index (χ3n) is 2.70. The number of aromatic nitrogens is 2. The van der Waals surface area contributed by atoms with Crippen LogP contribution >= 0.6 is 0 Å². The lowest BCUT2D eigenvalue weighted by molar-refractivity contribution is -0.113. The molecule has 0 aliphatic carbocycles. The highest BCUT2D eigenvalue weighted by Crippen LogP contribution is 2.21. The normalized spacial score (nSPS) is 11.6. The number of aromatic amines is 1. The summed E-state index contributed by atoms with van der Waals surface area (Å²) < 4.78 is 5.30. The largest absolute Gasteiger partial charge is 0.496 e. The monoisotopic (exact) mass is 242 g/mol. The zero-order chi connectivity index (χ0) is 13.1. The molecule has 1 aromatic carbocycles. The highest BCUT2D eigenvalue weighted by Gasteiger charge is 2.06. The molecule has 0 saturated heterocycles. The number of nitrogens with zero attached hydrogens (tertiary/aromatic N) is 1. The average molecular weight is 242 g/mol. The van der Waals surface area contributed by atoms with Crippen LogP contribution in [-0.4, -0.2) is 23.1 Å². The number of ether oxygens (including phenoxy) is 1. The lowest BCUT2D eigenvalue weighted by Gasteiger charge is -2.07. The lowest BCUT2D eigenvalue weighted by Crippen LogP contribution is -1.94. The number of methoxy groups -OCH3 is 1. The fourth-order valence-electron chi connectivity index (χ4n) is 1.62. The van der Waals surface area contributed by atoms with Crippen LogP contribution in [0, 0.1) is 0 Å². The van der Waals surface area contributed by atoms with Gasteiger partial charge in [0, 0.05) is 16.5 Å². The summed E-state index contributed by atoms with van der Waals surface area (Å²) in [5.74, 6) is 0.534. The molecule has 1 heterocycles. The first-order valence-corrected chi connectivity index (χ1v) is 5.51. The van der Waals surface area contributed by atoms with Crippen LogP contribution in [0.25, 0.3) is 16.7 Å². The lowest BCUT2D eigenvalue weighted by atomic mass is 10.1. The fraction of sp³-hybridized carbons (Fsp3) is 0.143. The van der Waals surface area contributed by atoms with Crippen molar-refractivity contribution in [3.8, 4) is 0 Å². The second kappa shape index (κ2) is 4.87. The number of benzene rings is 1. The summed E-state index contributed by atoms with van der Waals surface area (Å²) >= 11 is 0. The average Bonchev–Trinajstić information content (AvgIpc) is 2.82. The van der Waals surface area contributed by atoms with Crippen LogP contribution in [0.4, 0.5) is 0 Å². The summed E-state index contributed by atoms with van der Waals surface area (Å²) in [5, 5.41) is 7.83. The smallest absolute Gasteiger partial charge is 0.159 e. The van der Waals surface area contributed by atoms with Gasteiger partial charge in [0.15, 0.2) is 5.78 Å². The summed E-state index contributed by atoms with van der Waals surface area (Å²) in [6, 6.07) is 5.77. The van der Waals surface area contributed by atoms with Gasteiger partial charge in [-0.3, -0.25) is 9.89 Å². The third kappa shape index (κ3) is 2.32. The number of carbonyl (C=O) groups is 1. The van der Waals surface area contributed by atoms with E-state index in [9.17, 15) is 4.79 Å². The molecule has 0 spiro atoms. The molecular weight excluding hydrogens is 228 g/mol. The van der Waals surface area contributed by atoms with Gasteiger partial charge in [-0.2, -0.15) is 5.10 Å². The third-order valence-corrected chi connectivity index (χ3v) is 2.70. The molecule has 18 heavy (non-hydrogen) atoms. The van der Waals surface area contributed by atoms with E-state index in [1.165, 1.54) is 6.92 Å². The first-order valence-electron chi connectivity index (χ1n) is 5.51. The van der Waals surface area contributed by atoms with Crippen molar-refractivity contribution in [1.82, 2.24) is 10.2 Å². The van der Waals surface area contributed by atoms with Crippen LogP contribution < -0.4 is 0 Å². The predicted molar refractivity (Wildman–Crippen MR) is 70.9 cm³/mol. The molecular formula is C14H14N2O2. The van der Waals surface area contributed by atoms with E-state index in [0.29, 0.717) is 11.3 Å². The van der Waals surface area contributed by atoms with E-state index in [1.807, 2.05) is 18.2 Å². The summed E-state index contributed by atoms with van der Waals surface area (Å²) in [6.45, 7) is 5.17. The Labute approximate surface area is 105 Å². The van der Waals surface area contributed by atoms with E-state index >= 15 is 0 Å². The molecule has 1 aromatic heterocycles. The zero-order valence-corrected chi connectivity index (χ0v) is 10.4. The second-order valence-electron chi connectivity index (χ2n) is 3.97. The summed E-state index contributed by atoms with van der Waals surface area (Å²) in [6.07, 6.45) is 3.38. The van der Waals surface area contributed by atoms with Crippen LogP contribution in [0.15, 0.2) is 42.6 Å². The Morgan fingerprint density at radius 1 is 1.50 bits per heavy atom. The van der Waals surface area contributed by atoms with Gasteiger partial charge < -0.3 is 4.74 Å². The number of hydrogen-bond acceptors (Lipinski definition) is 3. The Morgan fingerprint density at radius 3 is 2.94 bits per heavy atom. The Balaban J connectivity index is 2.43. The van der Waals surface area contributed by atoms with Gasteiger partial charge in [-0.1, -0.05) is 6.58 Å². The molecule has 2 rings (SSSR count). The Morgan fingerprint density at radius 2 is 2.28 bits per heavy atom. The molecule has 0 fully saturated rings. The van der Waals surface area contributed by atoms with Crippen LogP contribution in [0.5, 0.6) is 0 Å². The number of rotatable bonds is 4. The second-order valence-corrected chi connectivity index (χ2v) is 3.97. The molecule has 4 heteroatoms. The van der Waals surface area contributed by atoms with Crippen LogP contribution in [0.3, 0.4) is 0 Å². The van der Waals surface area contributed by atoms with Gasteiger partial charge in [0.2, 0.25) is 0 Å². The molecule has 0 aliphatic rings. The minimum Gasteiger partial charge on any atom is -0.496 e. The number of Topliss-reactive ketones (excluding diaryl/α,β-unsaturated/α-hetero) is 1. The molecule has 1 N–H and O–H groups in total. The molecule has 0 aliphatic heterocycles. The maximum Gasteiger partial charge on any atom is 0.159 e. The van der Waals surface area contributed by atoms with Gasteiger partial charge in [0.25, 0.3) is 0 Å². The summed E-state index contributed by atoms with van der Waals surface area (Å²) in [4.78, 5) is 11.2. The van der Waals surface area contributed by atoms with E-state index in [0.717, 1.165) is 16.5 Å². The van der Waals surface area contributed by atoms with Gasteiger partial charge in [0.05, 0.1) is 18.8 Å². The van der Waals surface area contributed by atoms with Gasteiger partial charge in [-0.05, 0) is 31.2 Å². The number of hydrogen-bond donors (Lipinski definition) is 1. The van der Waals surface area contributed by atoms with Crippen molar-refractivity contribution in [2.75, 3.05) is 7.11 Å². The zero-order valence-electron chi connectivity index (χ0n) is 10.4. The van der Waals surface area contributed by atoms with Gasteiger partial charge in [0.1, 0.15) is 5.76 Å². The molecule has 0 unspecified atom stereocenters. The SMILES string of the molecule is C=C(/C=C(\OC)c1ccc2[nH]ncc2c1)C(C)=O. The van der Waals surface area contributed by atoms with Crippen molar-refractivity contribution >= 4 is 22.4 Å². The van der Waals surface area contributed by atoms with Crippen LogP contribution in [0.1, 0.15) is 12.5 Å². The Bertz CT molecular complexity index is 638. The van der Waals surface area contributed by atoms with Crippen molar-refractivity contribution in [2.45, 2.75) is 6.92 Å². The predicted octanol–water partition coefficient (Wildman–Crippen LogP) is 2.70. The van der Waals surface area contributed by atoms with Crippen molar-refractivity contribution in [3.05, 3.63) is 48.2 Å². The van der Waals surface area contributed by atoms with Crippen LogP contribution in [0.2, 0.25) is 0 Å². The topological polar surface area (TPSA) is 55.0 Å². The molecule has 0 atom stereocenters. The molecule has 0 bridgehead atoms. The molecule has 0 radical (unpaired) electrons. The highest BCUT2D eigenvalue weighted by molar-refractivity contribution is 5.97. The quantitative estimate of drug-likeness (QED) is 0.509. The number of carbonyl (C=O) groups excluding carboxylic acids is 1. The van der Waals surface area contributed by atoms with Crippen molar-refractivity contribution in [2.24, 2.45) is 0 Å². The van der Waals surface area contributed by atoms with Gasteiger partial charge in [-0.15, -0.1) is 0 Å². The Hall–Kier alpha value is -2.36. The standard InChI is InChI=1S/C14H14N2O2/c1-9(10(2)17)6-14(18-3)11-4-5-13-12(7-11)8-15-16-13/h4-8H,1H2,2-3H3,(H,15,16)/b14-6-. The van der Waals surface area contributed by atoms with Crippen LogP contribution in [-0.2, 0) is 9.53 Å². The Kier molecular flexibility index (Phi) is 3.28. The molecule has 92 valence electrons. The first kappa shape index (κ1) is 12.1. The van der Waals surface area contributed by atoms with E-state index < -0.39 is 0 Å². The first-order chi connectivity index (χ1) is 8.61. The maximum absolute atomic E-state index is 11.2. The number of fused-ring (bicyclic) bond motifs is 1. The number of allylic oxidation sites excluding steroid dienone is 2. The highest BCUT2D eigenvalue weighted by atomic mass is 16.5. The number of nitrogens with one attached hydrogen (secondary N) is 1. The molecule has 0 amide bonds. The molecule has 0 saturated carbocycles. The molecule has 2 aromatic rings. The van der Waals surface area contributed by atoms with Crippen molar-refractivity contribution in [3.63, 3.8) is 0 Å². The van der Waals surface area contributed by atoms with Crippen molar-refractivity contribution < 1.29 is 9.53 Å². The number of H-pyrrole nitrogens is 1. The fourth-order valence-corrected chi connectivity index (χ4v) is 1.62. The van der Waals surface area contributed by atoms with Gasteiger partial charge in [-0.25, -0.2) is 0 Å². The van der Waals surface area contributed by atoms with E-state index in [4.69, 9.17) is 4.74 Å².